The number of carbonyl (C=O) groups excluding carboxylic acids is 1. The molecule has 0 bridgehead atoms. The number of nitrogens with one attached hydrogen (secondary N) is 3. The zero-order chi connectivity index (χ0) is 19.2. The second kappa shape index (κ2) is 8.19. The lowest BCUT2D eigenvalue weighted by Crippen LogP contribution is -2.32. The van der Waals surface area contributed by atoms with Crippen LogP contribution < -0.4 is 16.0 Å². The minimum absolute atomic E-state index is 0.277. The van der Waals surface area contributed by atoms with Crippen LogP contribution in [0.25, 0.3) is 10.9 Å². The minimum atomic E-state index is -0.277. The van der Waals surface area contributed by atoms with Gasteiger partial charge >= 0.3 is 6.03 Å². The van der Waals surface area contributed by atoms with Crippen LogP contribution in [-0.4, -0.2) is 24.1 Å². The number of benzene rings is 2. The normalized spacial score (nSPS) is 10.3. The summed E-state index contributed by atoms with van der Waals surface area (Å²) in [6, 6.07) is 17.1. The van der Waals surface area contributed by atoms with Crippen LogP contribution in [0.4, 0.5) is 16.3 Å². The molecule has 0 fully saturated rings. The van der Waals surface area contributed by atoms with E-state index in [2.05, 4.69) is 33.1 Å². The van der Waals surface area contributed by atoms with Gasteiger partial charge in [0, 0.05) is 24.2 Å². The largest absolute Gasteiger partial charge is 0.367 e. The summed E-state index contributed by atoms with van der Waals surface area (Å²) in [6.07, 6.45) is 0. The van der Waals surface area contributed by atoms with Crippen molar-refractivity contribution in [1.82, 2.24) is 10.3 Å². The molecule has 1 aromatic heterocycles. The highest BCUT2D eigenvalue weighted by Gasteiger charge is 2.09. The molecule has 2 amide bonds. The first-order valence-electron chi connectivity index (χ1n) is 8.72. The molecule has 3 aromatic rings. The van der Waals surface area contributed by atoms with Gasteiger partial charge in [0.25, 0.3) is 0 Å². The molecule has 136 valence electrons. The number of pyridine rings is 1. The van der Waals surface area contributed by atoms with Gasteiger partial charge in [0.15, 0.2) is 0 Å². The standard InChI is InChI=1S/C21H21N5O/c1-14-10-15(2)18-12-16(13-22)20(26-19(18)11-14)23-8-9-24-21(27)25-17-6-4-3-5-7-17/h3-7,10-12H,8-9H2,1-2H3,(H,23,26)(H2,24,25,27). The number of nitrogens with zero attached hydrogens (tertiary/aromatic N) is 2. The first kappa shape index (κ1) is 18.2. The quantitative estimate of drug-likeness (QED) is 0.602. The van der Waals surface area contributed by atoms with Gasteiger partial charge in [-0.25, -0.2) is 9.78 Å². The third kappa shape index (κ3) is 4.53. The van der Waals surface area contributed by atoms with Crippen molar-refractivity contribution >= 4 is 28.4 Å². The summed E-state index contributed by atoms with van der Waals surface area (Å²) >= 11 is 0. The summed E-state index contributed by atoms with van der Waals surface area (Å²) < 4.78 is 0. The predicted octanol–water partition coefficient (Wildman–Crippen LogP) is 3.96. The minimum Gasteiger partial charge on any atom is -0.367 e. The highest BCUT2D eigenvalue weighted by Crippen LogP contribution is 2.24. The van der Waals surface area contributed by atoms with Crippen LogP contribution in [0.15, 0.2) is 48.5 Å². The number of urea groups is 1. The van der Waals surface area contributed by atoms with E-state index in [0.717, 1.165) is 27.7 Å². The SMILES string of the molecule is Cc1cc(C)c2cc(C#N)c(NCCNC(=O)Nc3ccccc3)nc2c1. The van der Waals surface area contributed by atoms with Gasteiger partial charge in [-0.1, -0.05) is 24.3 Å². The third-order valence-electron chi connectivity index (χ3n) is 4.14. The van der Waals surface area contributed by atoms with Crippen molar-refractivity contribution in [2.75, 3.05) is 23.7 Å². The molecule has 3 rings (SSSR count). The molecular weight excluding hydrogens is 338 g/mol. The van der Waals surface area contributed by atoms with Crippen molar-refractivity contribution in [2.24, 2.45) is 0 Å². The Morgan fingerprint density at radius 2 is 1.89 bits per heavy atom. The topological polar surface area (TPSA) is 89.8 Å². The summed E-state index contributed by atoms with van der Waals surface area (Å²) in [7, 11) is 0. The molecule has 0 saturated heterocycles. The number of hydrogen-bond acceptors (Lipinski definition) is 4. The number of amides is 2. The van der Waals surface area contributed by atoms with E-state index in [1.165, 1.54) is 0 Å². The van der Waals surface area contributed by atoms with E-state index in [1.54, 1.807) is 0 Å². The Bertz CT molecular complexity index is 1010. The second-order valence-corrected chi connectivity index (χ2v) is 6.32. The molecule has 3 N–H and O–H groups in total. The molecule has 0 aliphatic heterocycles. The number of aryl methyl sites for hydroxylation is 2. The van der Waals surface area contributed by atoms with Gasteiger partial charge in [0.2, 0.25) is 0 Å². The maximum Gasteiger partial charge on any atom is 0.319 e. The molecule has 2 aromatic carbocycles. The fraction of sp³-hybridized carbons (Fsp3) is 0.190. The lowest BCUT2D eigenvalue weighted by molar-refractivity contribution is 0.252. The maximum absolute atomic E-state index is 11.9. The number of fused-ring (bicyclic) bond motifs is 1. The number of anilines is 2. The molecule has 0 aliphatic rings. The van der Waals surface area contributed by atoms with E-state index in [-0.39, 0.29) is 6.03 Å². The number of para-hydroxylation sites is 1. The molecule has 0 unspecified atom stereocenters. The molecule has 0 saturated carbocycles. The average molecular weight is 359 g/mol. The lowest BCUT2D eigenvalue weighted by atomic mass is 10.0. The van der Waals surface area contributed by atoms with Crippen LogP contribution in [0.3, 0.4) is 0 Å². The van der Waals surface area contributed by atoms with Crippen molar-refractivity contribution in [3.05, 3.63) is 65.2 Å². The van der Waals surface area contributed by atoms with Gasteiger partial charge in [-0.2, -0.15) is 5.26 Å². The Kier molecular flexibility index (Phi) is 5.53. The summed E-state index contributed by atoms with van der Waals surface area (Å²) in [6.45, 7) is 4.89. The average Bonchev–Trinajstić information content (AvgIpc) is 2.65. The summed E-state index contributed by atoms with van der Waals surface area (Å²) in [5.74, 6) is 0.528. The van der Waals surface area contributed by atoms with Gasteiger partial charge in [0.1, 0.15) is 11.9 Å². The van der Waals surface area contributed by atoms with Crippen LogP contribution in [0.5, 0.6) is 0 Å². The van der Waals surface area contributed by atoms with E-state index in [9.17, 15) is 10.1 Å². The Morgan fingerprint density at radius 1 is 1.11 bits per heavy atom. The van der Waals surface area contributed by atoms with E-state index in [1.807, 2.05) is 56.3 Å². The van der Waals surface area contributed by atoms with Gasteiger partial charge in [-0.3, -0.25) is 0 Å². The Morgan fingerprint density at radius 3 is 2.63 bits per heavy atom. The molecule has 1 heterocycles. The first-order valence-corrected chi connectivity index (χ1v) is 8.72. The van der Waals surface area contributed by atoms with Gasteiger partial charge in [-0.05, 0) is 49.2 Å². The van der Waals surface area contributed by atoms with Crippen LogP contribution in [0, 0.1) is 25.2 Å². The van der Waals surface area contributed by atoms with Crippen molar-refractivity contribution in [3.63, 3.8) is 0 Å². The number of rotatable bonds is 5. The van der Waals surface area contributed by atoms with Gasteiger partial charge < -0.3 is 16.0 Å². The molecule has 6 heteroatoms. The van der Waals surface area contributed by atoms with Crippen molar-refractivity contribution in [3.8, 4) is 6.07 Å². The number of hydrogen-bond donors (Lipinski definition) is 3. The molecular formula is C21H21N5O. The van der Waals surface area contributed by atoms with Crippen LogP contribution in [-0.2, 0) is 0 Å². The molecule has 0 spiro atoms. The van der Waals surface area contributed by atoms with Crippen LogP contribution in [0.2, 0.25) is 0 Å². The Balaban J connectivity index is 1.61. The monoisotopic (exact) mass is 359 g/mol. The third-order valence-corrected chi connectivity index (χ3v) is 4.14. The van der Waals surface area contributed by atoms with Crippen molar-refractivity contribution in [1.29, 1.82) is 5.26 Å². The van der Waals surface area contributed by atoms with Crippen molar-refractivity contribution in [2.45, 2.75) is 13.8 Å². The number of carbonyl (C=O) groups is 1. The zero-order valence-corrected chi connectivity index (χ0v) is 15.3. The van der Waals surface area contributed by atoms with Gasteiger partial charge in [-0.15, -0.1) is 0 Å². The van der Waals surface area contributed by atoms with E-state index in [4.69, 9.17) is 0 Å². The highest BCUT2D eigenvalue weighted by atomic mass is 16.2. The molecule has 6 nitrogen and oxygen atoms in total. The fourth-order valence-corrected chi connectivity index (χ4v) is 2.90. The first-order chi connectivity index (χ1) is 13.1. The van der Waals surface area contributed by atoms with Gasteiger partial charge in [0.05, 0.1) is 11.1 Å². The van der Waals surface area contributed by atoms with E-state index >= 15 is 0 Å². The smallest absolute Gasteiger partial charge is 0.319 e. The van der Waals surface area contributed by atoms with Crippen molar-refractivity contribution < 1.29 is 4.79 Å². The van der Waals surface area contributed by atoms with E-state index in [0.29, 0.717) is 24.5 Å². The summed E-state index contributed by atoms with van der Waals surface area (Å²) in [4.78, 5) is 16.5. The summed E-state index contributed by atoms with van der Waals surface area (Å²) in [5, 5.41) is 19.1. The summed E-state index contributed by atoms with van der Waals surface area (Å²) in [5.41, 5.74) is 4.30. The number of aromatic nitrogens is 1. The van der Waals surface area contributed by atoms with Crippen LogP contribution in [0.1, 0.15) is 16.7 Å². The predicted molar refractivity (Wildman–Crippen MR) is 108 cm³/mol. The van der Waals surface area contributed by atoms with E-state index < -0.39 is 0 Å². The Labute approximate surface area is 158 Å². The molecule has 0 aliphatic carbocycles. The van der Waals surface area contributed by atoms with Crippen LogP contribution >= 0.6 is 0 Å². The molecule has 27 heavy (non-hydrogen) atoms. The second-order valence-electron chi connectivity index (χ2n) is 6.32. The molecule has 0 atom stereocenters. The highest BCUT2D eigenvalue weighted by molar-refractivity contribution is 5.89. The Hall–Kier alpha value is -3.59. The number of nitriles is 1. The fourth-order valence-electron chi connectivity index (χ4n) is 2.90. The lowest BCUT2D eigenvalue weighted by Gasteiger charge is -2.12. The molecule has 0 radical (unpaired) electrons. The zero-order valence-electron chi connectivity index (χ0n) is 15.3. The maximum atomic E-state index is 11.9.